The van der Waals surface area contributed by atoms with Crippen LogP contribution in [-0.2, 0) is 25.0 Å². The Labute approximate surface area is 295 Å². The average molecular weight is 697 g/mol. The molecule has 2 aromatic carbocycles. The van der Waals surface area contributed by atoms with E-state index in [0.717, 1.165) is 44.1 Å². The van der Waals surface area contributed by atoms with E-state index in [1.54, 1.807) is 24.3 Å². The molecule has 1 saturated heterocycles. The van der Waals surface area contributed by atoms with Gasteiger partial charge in [0.1, 0.15) is 0 Å². The zero-order chi connectivity index (χ0) is 35.4. The Morgan fingerprint density at radius 2 is 1.65 bits per heavy atom. The summed E-state index contributed by atoms with van der Waals surface area (Å²) < 4.78 is 35.6. The quantitative estimate of drug-likeness (QED) is 0.162. The maximum atomic E-state index is 13.6. The van der Waals surface area contributed by atoms with Crippen LogP contribution in [0.2, 0.25) is 0 Å². The van der Waals surface area contributed by atoms with Crippen LogP contribution in [0.15, 0.2) is 47.4 Å². The minimum atomic E-state index is -3.93. The highest BCUT2D eigenvalue weighted by molar-refractivity contribution is 7.92. The number of carbonyl (C=O) groups excluding carboxylic acids is 2. The maximum Gasteiger partial charge on any atom is 0.319 e. The van der Waals surface area contributed by atoms with E-state index in [1.165, 1.54) is 25.7 Å². The molecule has 0 bridgehead atoms. The molecule has 4 rings (SSSR count). The van der Waals surface area contributed by atoms with E-state index < -0.39 is 22.1 Å². The summed E-state index contributed by atoms with van der Waals surface area (Å²) in [6.07, 6.45) is 12.2. The number of amides is 2. The van der Waals surface area contributed by atoms with Gasteiger partial charge in [0, 0.05) is 25.2 Å². The van der Waals surface area contributed by atoms with Gasteiger partial charge >= 0.3 is 6.03 Å². The minimum absolute atomic E-state index is 0.101. The molecule has 9 nitrogen and oxygen atoms in total. The van der Waals surface area contributed by atoms with Gasteiger partial charge in [0.25, 0.3) is 10.0 Å². The molecule has 2 atom stereocenters. The van der Waals surface area contributed by atoms with E-state index in [0.29, 0.717) is 68.0 Å². The summed E-state index contributed by atoms with van der Waals surface area (Å²) in [5, 5.41) is 5.93. The van der Waals surface area contributed by atoms with Crippen molar-refractivity contribution in [1.29, 1.82) is 0 Å². The van der Waals surface area contributed by atoms with Crippen molar-refractivity contribution in [3.05, 3.63) is 48.0 Å². The van der Waals surface area contributed by atoms with Crippen LogP contribution in [-0.4, -0.2) is 52.6 Å². The molecule has 272 valence electrons. The number of urea groups is 1. The number of hydrogen-bond acceptors (Lipinski definition) is 6. The Morgan fingerprint density at radius 1 is 0.959 bits per heavy atom. The third kappa shape index (κ3) is 11.7. The first-order valence-corrected chi connectivity index (χ1v) is 20.1. The molecule has 2 aromatic rings. The number of Topliss-reactive ketones (excluding diaryl/α,β-unsaturated/α-hetero) is 1. The van der Waals surface area contributed by atoms with Gasteiger partial charge in [-0.25, -0.2) is 13.2 Å². The van der Waals surface area contributed by atoms with Crippen LogP contribution < -0.4 is 20.3 Å². The van der Waals surface area contributed by atoms with Crippen molar-refractivity contribution in [2.75, 3.05) is 41.2 Å². The highest BCUT2D eigenvalue weighted by Crippen LogP contribution is 2.33. The summed E-state index contributed by atoms with van der Waals surface area (Å²) in [4.78, 5) is 29.3. The average Bonchev–Trinajstić information content (AvgIpc) is 3.08. The standard InChI is InChI=1S/C39H60N4O5S/c1-6-8-12-29(7-2)15-22-37(44)35(27-30-13-10-9-11-14-30)41-38(45)40-32-18-21-36(43-23-25-48-26-24-43)34(28-32)42-49(46,47)33-19-16-31(17-20-33)39(3,4)5/h16-21,28-30,35,42H,6-15,22-27H2,1-5H3,(H2,40,41,45)/t29?,35-/m1/s1. The van der Waals surface area contributed by atoms with Crippen molar-refractivity contribution < 1.29 is 22.7 Å². The number of nitrogens with one attached hydrogen (secondary N) is 3. The SMILES string of the molecule is CCCCC(CC)CCC(=O)[C@@H](CC1CCCCC1)NC(=O)Nc1ccc(N2CCOCC2)c(NS(=O)(=O)c2ccc(C(C)(C)C)cc2)c1. The smallest absolute Gasteiger partial charge is 0.319 e. The second kappa shape index (κ2) is 18.2. The molecular weight excluding hydrogens is 637 g/mol. The molecule has 3 N–H and O–H groups in total. The number of nitrogens with zero attached hydrogens (tertiary/aromatic N) is 1. The molecule has 49 heavy (non-hydrogen) atoms. The van der Waals surface area contributed by atoms with E-state index >= 15 is 0 Å². The number of carbonyl (C=O) groups is 2. The van der Waals surface area contributed by atoms with E-state index in [9.17, 15) is 18.0 Å². The summed E-state index contributed by atoms with van der Waals surface area (Å²) in [7, 11) is -3.93. The Bertz CT molecular complexity index is 1460. The van der Waals surface area contributed by atoms with E-state index in [2.05, 4.69) is 54.9 Å². The highest BCUT2D eigenvalue weighted by Gasteiger charge is 2.27. The van der Waals surface area contributed by atoms with Crippen molar-refractivity contribution in [2.24, 2.45) is 11.8 Å². The molecule has 0 radical (unpaired) electrons. The zero-order valence-corrected chi connectivity index (χ0v) is 31.3. The van der Waals surface area contributed by atoms with Crippen LogP contribution in [0.25, 0.3) is 0 Å². The van der Waals surface area contributed by atoms with E-state index in [4.69, 9.17) is 4.74 Å². The van der Waals surface area contributed by atoms with Gasteiger partial charge in [-0.1, -0.05) is 105 Å². The Hall–Kier alpha value is -3.11. The number of hydrogen-bond donors (Lipinski definition) is 3. The number of morpholine rings is 1. The number of ether oxygens (including phenoxy) is 1. The molecule has 1 aliphatic carbocycles. The number of benzene rings is 2. The topological polar surface area (TPSA) is 117 Å². The van der Waals surface area contributed by atoms with Gasteiger partial charge in [-0.2, -0.15) is 0 Å². The predicted molar refractivity (Wildman–Crippen MR) is 200 cm³/mol. The molecule has 1 unspecified atom stereocenters. The van der Waals surface area contributed by atoms with Gasteiger partial charge in [-0.15, -0.1) is 0 Å². The summed E-state index contributed by atoms with van der Waals surface area (Å²) in [6.45, 7) is 13.0. The fourth-order valence-corrected chi connectivity index (χ4v) is 8.10. The number of sulfonamides is 1. The summed E-state index contributed by atoms with van der Waals surface area (Å²) in [5.74, 6) is 1.05. The molecule has 1 aliphatic heterocycles. The Kier molecular flexibility index (Phi) is 14.4. The lowest BCUT2D eigenvalue weighted by atomic mass is 9.83. The van der Waals surface area contributed by atoms with Gasteiger partial charge < -0.3 is 20.3 Å². The highest BCUT2D eigenvalue weighted by atomic mass is 32.2. The zero-order valence-electron chi connectivity index (χ0n) is 30.5. The van der Waals surface area contributed by atoms with Crippen LogP contribution in [0, 0.1) is 11.8 Å². The summed E-state index contributed by atoms with van der Waals surface area (Å²) in [5.41, 5.74) is 2.45. The predicted octanol–water partition coefficient (Wildman–Crippen LogP) is 8.65. The second-order valence-electron chi connectivity index (χ2n) is 15.0. The fourth-order valence-electron chi connectivity index (χ4n) is 7.03. The van der Waals surface area contributed by atoms with Crippen LogP contribution in [0.4, 0.5) is 21.9 Å². The van der Waals surface area contributed by atoms with E-state index in [-0.39, 0.29) is 16.1 Å². The first-order chi connectivity index (χ1) is 23.4. The Morgan fingerprint density at radius 3 is 2.29 bits per heavy atom. The van der Waals surface area contributed by atoms with Gasteiger partial charge in [0.05, 0.1) is 35.5 Å². The fraction of sp³-hybridized carbons (Fsp3) is 0.641. The van der Waals surface area contributed by atoms with Gasteiger partial charge in [-0.3, -0.25) is 9.52 Å². The number of unbranched alkanes of at least 4 members (excludes halogenated alkanes) is 1. The number of rotatable bonds is 16. The van der Waals surface area contributed by atoms with E-state index in [1.807, 2.05) is 18.2 Å². The van der Waals surface area contributed by atoms with Crippen LogP contribution in [0.5, 0.6) is 0 Å². The molecule has 1 heterocycles. The third-order valence-electron chi connectivity index (χ3n) is 10.2. The molecular formula is C39H60N4O5S. The van der Waals surface area contributed by atoms with Gasteiger partial charge in [0.2, 0.25) is 0 Å². The molecule has 0 spiro atoms. The Balaban J connectivity index is 1.52. The number of ketones is 1. The van der Waals surface area contributed by atoms with Crippen molar-refractivity contribution in [3.8, 4) is 0 Å². The van der Waals surface area contributed by atoms with Gasteiger partial charge in [-0.05, 0) is 66.0 Å². The maximum absolute atomic E-state index is 13.6. The molecule has 2 fully saturated rings. The lowest BCUT2D eigenvalue weighted by molar-refractivity contribution is -0.121. The van der Waals surface area contributed by atoms with Crippen LogP contribution in [0.3, 0.4) is 0 Å². The molecule has 2 aliphatic rings. The monoisotopic (exact) mass is 696 g/mol. The first kappa shape index (κ1) is 38.7. The summed E-state index contributed by atoms with van der Waals surface area (Å²) in [6, 6.07) is 11.2. The lowest BCUT2D eigenvalue weighted by Gasteiger charge is -2.31. The number of anilines is 3. The molecule has 0 aromatic heterocycles. The van der Waals surface area contributed by atoms with Crippen molar-refractivity contribution in [2.45, 2.75) is 128 Å². The van der Waals surface area contributed by atoms with Crippen LogP contribution in [0.1, 0.15) is 117 Å². The normalized spacial score (nSPS) is 17.3. The van der Waals surface area contributed by atoms with Crippen LogP contribution >= 0.6 is 0 Å². The largest absolute Gasteiger partial charge is 0.378 e. The van der Waals surface area contributed by atoms with Crippen molar-refractivity contribution in [3.63, 3.8) is 0 Å². The summed E-state index contributed by atoms with van der Waals surface area (Å²) >= 11 is 0. The second-order valence-corrected chi connectivity index (χ2v) is 16.7. The molecule has 10 heteroatoms. The third-order valence-corrected chi connectivity index (χ3v) is 11.6. The van der Waals surface area contributed by atoms with Gasteiger partial charge in [0.15, 0.2) is 5.78 Å². The first-order valence-electron chi connectivity index (χ1n) is 18.6. The lowest BCUT2D eigenvalue weighted by Crippen LogP contribution is -2.44. The van der Waals surface area contributed by atoms with Crippen molar-refractivity contribution in [1.82, 2.24) is 5.32 Å². The molecule has 1 saturated carbocycles. The minimum Gasteiger partial charge on any atom is -0.378 e. The van der Waals surface area contributed by atoms with Crippen molar-refractivity contribution >= 4 is 38.9 Å². The molecule has 2 amide bonds.